The molecule has 1 N–H and O–H groups in total. The lowest BCUT2D eigenvalue weighted by Gasteiger charge is -2.26. The van der Waals surface area contributed by atoms with Crippen molar-refractivity contribution in [2.45, 2.75) is 12.6 Å². The maximum absolute atomic E-state index is 13.1. The number of aliphatic hydroxyl groups excluding tert-OH is 1. The van der Waals surface area contributed by atoms with Crippen molar-refractivity contribution in [2.75, 3.05) is 14.2 Å². The molecule has 2 aromatic carbocycles. The van der Waals surface area contributed by atoms with Crippen LogP contribution in [-0.4, -0.2) is 40.9 Å². The molecule has 1 fully saturated rings. The number of ether oxygens (including phenoxy) is 2. The molecule has 32 heavy (non-hydrogen) atoms. The Morgan fingerprint density at radius 1 is 0.969 bits per heavy atom. The van der Waals surface area contributed by atoms with E-state index < -0.39 is 17.7 Å². The lowest BCUT2D eigenvalue weighted by molar-refractivity contribution is -0.140. The van der Waals surface area contributed by atoms with Crippen molar-refractivity contribution in [3.8, 4) is 11.5 Å². The number of amides is 1. The van der Waals surface area contributed by atoms with Gasteiger partial charge in [0.1, 0.15) is 5.76 Å². The molecule has 1 aromatic heterocycles. The number of aromatic nitrogens is 1. The Hall–Kier alpha value is -4.13. The summed E-state index contributed by atoms with van der Waals surface area (Å²) in [6.07, 6.45) is 3.03. The molecule has 7 heteroatoms. The molecule has 1 aliphatic rings. The number of hydrogen-bond acceptors (Lipinski definition) is 6. The molecule has 1 amide bonds. The minimum absolute atomic E-state index is 0.0179. The number of pyridine rings is 1. The summed E-state index contributed by atoms with van der Waals surface area (Å²) in [4.78, 5) is 31.6. The number of carbonyl (C=O) groups is 2. The molecule has 3 aromatic rings. The zero-order valence-corrected chi connectivity index (χ0v) is 17.7. The number of likely N-dealkylation sites (tertiary alicyclic amines) is 1. The van der Waals surface area contributed by atoms with Gasteiger partial charge in [0, 0.05) is 24.5 Å². The molecule has 1 atom stereocenters. The number of rotatable bonds is 6. The minimum atomic E-state index is -0.803. The van der Waals surface area contributed by atoms with Gasteiger partial charge in [-0.05, 0) is 35.4 Å². The second-order valence-electron chi connectivity index (χ2n) is 7.26. The fourth-order valence-electron chi connectivity index (χ4n) is 3.86. The molecular formula is C25H22N2O5. The molecule has 0 saturated carbocycles. The highest BCUT2D eigenvalue weighted by Gasteiger charge is 2.46. The van der Waals surface area contributed by atoms with E-state index in [9.17, 15) is 14.7 Å². The standard InChI is InChI=1S/C25H22N2O5/c1-31-19-9-8-18(14-20(19)32-2)22-21(23(28)17-10-12-26-13-11-17)24(29)25(30)27(22)15-16-6-4-3-5-7-16/h3-14,22,28H,15H2,1-2H3/b23-21+. The lowest BCUT2D eigenvalue weighted by atomic mass is 9.95. The molecule has 4 rings (SSSR count). The summed E-state index contributed by atoms with van der Waals surface area (Å²) in [6.45, 7) is 0.206. The van der Waals surface area contributed by atoms with Crippen molar-refractivity contribution in [3.63, 3.8) is 0 Å². The zero-order chi connectivity index (χ0) is 22.7. The van der Waals surface area contributed by atoms with E-state index in [2.05, 4.69) is 4.98 Å². The number of aliphatic hydroxyl groups is 1. The van der Waals surface area contributed by atoms with Gasteiger partial charge in [-0.2, -0.15) is 0 Å². The molecule has 2 heterocycles. The van der Waals surface area contributed by atoms with Crippen molar-refractivity contribution in [2.24, 2.45) is 0 Å². The van der Waals surface area contributed by atoms with Gasteiger partial charge in [-0.3, -0.25) is 14.6 Å². The van der Waals surface area contributed by atoms with Gasteiger partial charge in [-0.15, -0.1) is 0 Å². The van der Waals surface area contributed by atoms with Gasteiger partial charge in [0.05, 0.1) is 25.8 Å². The van der Waals surface area contributed by atoms with Gasteiger partial charge in [0.15, 0.2) is 11.5 Å². The Bertz CT molecular complexity index is 1180. The Labute approximate surface area is 185 Å². The molecule has 162 valence electrons. The van der Waals surface area contributed by atoms with Crippen LogP contribution in [0.2, 0.25) is 0 Å². The first-order valence-corrected chi connectivity index (χ1v) is 9.99. The van der Waals surface area contributed by atoms with E-state index in [1.165, 1.54) is 31.5 Å². The third kappa shape index (κ3) is 3.80. The van der Waals surface area contributed by atoms with Crippen LogP contribution in [0.25, 0.3) is 5.76 Å². The second-order valence-corrected chi connectivity index (χ2v) is 7.26. The monoisotopic (exact) mass is 430 g/mol. The lowest BCUT2D eigenvalue weighted by Crippen LogP contribution is -2.29. The molecule has 1 saturated heterocycles. The number of nitrogens with zero attached hydrogens (tertiary/aromatic N) is 2. The van der Waals surface area contributed by atoms with Crippen LogP contribution >= 0.6 is 0 Å². The normalized spacial score (nSPS) is 17.4. The largest absolute Gasteiger partial charge is 0.507 e. The number of carbonyl (C=O) groups excluding carboxylic acids is 2. The summed E-state index contributed by atoms with van der Waals surface area (Å²) < 4.78 is 10.7. The maximum Gasteiger partial charge on any atom is 0.295 e. The summed E-state index contributed by atoms with van der Waals surface area (Å²) in [6, 6.07) is 16.9. The predicted molar refractivity (Wildman–Crippen MR) is 118 cm³/mol. The van der Waals surface area contributed by atoms with E-state index in [4.69, 9.17) is 9.47 Å². The Balaban J connectivity index is 1.89. The fraction of sp³-hybridized carbons (Fsp3) is 0.160. The highest BCUT2D eigenvalue weighted by atomic mass is 16.5. The van der Waals surface area contributed by atoms with Crippen LogP contribution in [0, 0.1) is 0 Å². The van der Waals surface area contributed by atoms with Gasteiger partial charge in [0.2, 0.25) is 0 Å². The summed E-state index contributed by atoms with van der Waals surface area (Å²) in [5.41, 5.74) is 1.91. The zero-order valence-electron chi connectivity index (χ0n) is 17.7. The quantitative estimate of drug-likeness (QED) is 0.364. The maximum atomic E-state index is 13.1. The molecule has 0 aliphatic carbocycles. The summed E-state index contributed by atoms with van der Waals surface area (Å²) in [7, 11) is 3.04. The fourth-order valence-corrected chi connectivity index (χ4v) is 3.86. The third-order valence-electron chi connectivity index (χ3n) is 5.41. The second kappa shape index (κ2) is 8.93. The first-order chi connectivity index (χ1) is 15.5. The molecular weight excluding hydrogens is 408 g/mol. The van der Waals surface area contributed by atoms with E-state index in [-0.39, 0.29) is 17.9 Å². The van der Waals surface area contributed by atoms with E-state index in [1.807, 2.05) is 30.3 Å². The Morgan fingerprint density at radius 2 is 1.66 bits per heavy atom. The predicted octanol–water partition coefficient (Wildman–Crippen LogP) is 3.72. The van der Waals surface area contributed by atoms with E-state index in [0.29, 0.717) is 22.6 Å². The van der Waals surface area contributed by atoms with Crippen molar-refractivity contribution >= 4 is 17.4 Å². The van der Waals surface area contributed by atoms with Gasteiger partial charge in [0.25, 0.3) is 11.7 Å². The van der Waals surface area contributed by atoms with Crippen LogP contribution in [0.15, 0.2) is 78.6 Å². The average molecular weight is 430 g/mol. The van der Waals surface area contributed by atoms with Crippen LogP contribution in [0.1, 0.15) is 22.7 Å². The van der Waals surface area contributed by atoms with Crippen LogP contribution in [0.4, 0.5) is 0 Å². The van der Waals surface area contributed by atoms with Crippen LogP contribution < -0.4 is 9.47 Å². The van der Waals surface area contributed by atoms with Gasteiger partial charge < -0.3 is 19.5 Å². The molecule has 1 unspecified atom stereocenters. The van der Waals surface area contributed by atoms with E-state index >= 15 is 0 Å². The van der Waals surface area contributed by atoms with Crippen molar-refractivity contribution in [3.05, 3.63) is 95.3 Å². The van der Waals surface area contributed by atoms with Gasteiger partial charge in [-0.1, -0.05) is 36.4 Å². The van der Waals surface area contributed by atoms with Crippen molar-refractivity contribution in [1.29, 1.82) is 0 Å². The van der Waals surface area contributed by atoms with E-state index in [0.717, 1.165) is 5.56 Å². The molecule has 7 nitrogen and oxygen atoms in total. The van der Waals surface area contributed by atoms with Crippen LogP contribution in [-0.2, 0) is 16.1 Å². The first-order valence-electron chi connectivity index (χ1n) is 9.99. The smallest absolute Gasteiger partial charge is 0.295 e. The molecule has 0 spiro atoms. The summed E-state index contributed by atoms with van der Waals surface area (Å²) >= 11 is 0. The van der Waals surface area contributed by atoms with Gasteiger partial charge in [-0.25, -0.2) is 0 Å². The Kier molecular flexibility index (Phi) is 5.89. The summed E-state index contributed by atoms with van der Waals surface area (Å²) in [5, 5.41) is 11.0. The molecule has 0 radical (unpaired) electrons. The third-order valence-corrected chi connectivity index (χ3v) is 5.41. The van der Waals surface area contributed by atoms with E-state index in [1.54, 1.807) is 30.3 Å². The number of methoxy groups -OCH3 is 2. The minimum Gasteiger partial charge on any atom is -0.507 e. The highest BCUT2D eigenvalue weighted by molar-refractivity contribution is 6.46. The van der Waals surface area contributed by atoms with Crippen LogP contribution in [0.3, 0.4) is 0 Å². The SMILES string of the molecule is COc1ccc(C2/C(=C(\O)c3ccncc3)C(=O)C(=O)N2Cc2ccccc2)cc1OC. The Morgan fingerprint density at radius 3 is 2.31 bits per heavy atom. The average Bonchev–Trinajstić information content (AvgIpc) is 3.09. The number of Topliss-reactive ketones (excluding diaryl/α,β-unsaturated/α-hetero) is 1. The number of ketones is 1. The summed E-state index contributed by atoms with van der Waals surface area (Å²) in [5.74, 6) is -0.690. The molecule has 0 bridgehead atoms. The van der Waals surface area contributed by atoms with Gasteiger partial charge >= 0.3 is 0 Å². The first kappa shape index (κ1) is 21.1. The topological polar surface area (TPSA) is 89.0 Å². The number of hydrogen-bond donors (Lipinski definition) is 1. The van der Waals surface area contributed by atoms with Crippen molar-refractivity contribution < 1.29 is 24.2 Å². The number of benzene rings is 2. The van der Waals surface area contributed by atoms with Crippen molar-refractivity contribution in [1.82, 2.24) is 9.88 Å². The highest BCUT2D eigenvalue weighted by Crippen LogP contribution is 2.42. The molecule has 1 aliphatic heterocycles. The van der Waals surface area contributed by atoms with Crippen LogP contribution in [0.5, 0.6) is 11.5 Å².